The highest BCUT2D eigenvalue weighted by atomic mass is 16.5. The summed E-state index contributed by atoms with van der Waals surface area (Å²) in [7, 11) is 0. The highest BCUT2D eigenvalue weighted by molar-refractivity contribution is 5.97. The normalized spacial score (nSPS) is 13.4. The first-order valence-corrected chi connectivity index (χ1v) is 13.1. The quantitative estimate of drug-likeness (QED) is 0.142. The predicted octanol–water partition coefficient (Wildman–Crippen LogP) is 7.75. The standard InChI is InChI=1S/C24H22N2O3.C9H14/c27-23(18-10-4-1-5-11-18)26-21-15-9-3-8-14-20(21)25-22(26)16-17-29-24(28)19-12-6-2-7-13-19;1-4-6-7-8-9(3)5-2/h1-2,4-7,10-13,16-17H,3,8-9,14-15H2;4,6-8H,1,5H2,2-3H3/b17-16-;7-6-,9-8+. The van der Waals surface area contributed by atoms with Crippen LogP contribution in [0.1, 0.15) is 77.5 Å². The fourth-order valence-electron chi connectivity index (χ4n) is 4.00. The minimum Gasteiger partial charge on any atom is -0.431 e. The Kier molecular flexibility index (Phi) is 11.3. The molecule has 0 bridgehead atoms. The SMILES string of the molecule is C=C/C=C\C=C(/C)CC.O=C(O/C=C\c1nc2c(n1C(=O)c1ccccc1)CCCCC2)c1ccccc1. The third kappa shape index (κ3) is 8.13. The number of aryl methyl sites for hydroxylation is 1. The van der Waals surface area contributed by atoms with E-state index in [1.165, 1.54) is 11.8 Å². The molecule has 0 atom stereocenters. The van der Waals surface area contributed by atoms with Crippen molar-refractivity contribution in [2.24, 2.45) is 0 Å². The van der Waals surface area contributed by atoms with Gasteiger partial charge in [-0.05, 0) is 63.3 Å². The Bertz CT molecular complexity index is 1300. The van der Waals surface area contributed by atoms with Crippen molar-refractivity contribution in [2.75, 3.05) is 0 Å². The molecule has 0 aliphatic heterocycles. The summed E-state index contributed by atoms with van der Waals surface area (Å²) >= 11 is 0. The van der Waals surface area contributed by atoms with Crippen molar-refractivity contribution < 1.29 is 14.3 Å². The summed E-state index contributed by atoms with van der Waals surface area (Å²) in [6.07, 6.45) is 16.8. The molecule has 38 heavy (non-hydrogen) atoms. The molecule has 0 radical (unpaired) electrons. The van der Waals surface area contributed by atoms with E-state index >= 15 is 0 Å². The molecule has 0 unspecified atom stereocenters. The number of carbonyl (C=O) groups is 2. The van der Waals surface area contributed by atoms with E-state index in [1.807, 2.05) is 36.4 Å². The second-order valence-corrected chi connectivity index (χ2v) is 8.99. The first kappa shape index (κ1) is 28.3. The Hall–Kier alpha value is -4.25. The Balaban J connectivity index is 0.000000383. The Labute approximate surface area is 225 Å². The molecule has 1 heterocycles. The van der Waals surface area contributed by atoms with E-state index in [1.54, 1.807) is 53.1 Å². The molecule has 5 heteroatoms. The fraction of sp³-hybridized carbons (Fsp3) is 0.242. The van der Waals surface area contributed by atoms with Gasteiger partial charge in [-0.3, -0.25) is 9.36 Å². The molecule has 1 aliphatic carbocycles. The zero-order valence-electron chi connectivity index (χ0n) is 22.3. The molecule has 0 spiro atoms. The number of aromatic nitrogens is 2. The number of rotatable bonds is 7. The van der Waals surface area contributed by atoms with Crippen molar-refractivity contribution in [1.82, 2.24) is 9.55 Å². The van der Waals surface area contributed by atoms with Gasteiger partial charge in [0.15, 0.2) is 0 Å². The number of benzene rings is 2. The molecule has 0 amide bonds. The van der Waals surface area contributed by atoms with Gasteiger partial charge in [-0.25, -0.2) is 9.78 Å². The monoisotopic (exact) mass is 508 g/mol. The number of ether oxygens (including phenoxy) is 1. The summed E-state index contributed by atoms with van der Waals surface area (Å²) in [5, 5.41) is 0. The van der Waals surface area contributed by atoms with Crippen LogP contribution in [0, 0.1) is 0 Å². The Morgan fingerprint density at radius 2 is 1.61 bits per heavy atom. The number of fused-ring (bicyclic) bond motifs is 1. The summed E-state index contributed by atoms with van der Waals surface area (Å²) in [6, 6.07) is 18.0. The Morgan fingerprint density at radius 1 is 0.947 bits per heavy atom. The van der Waals surface area contributed by atoms with Crippen LogP contribution in [-0.2, 0) is 17.6 Å². The highest BCUT2D eigenvalue weighted by Gasteiger charge is 2.23. The maximum Gasteiger partial charge on any atom is 0.342 e. The lowest BCUT2D eigenvalue weighted by molar-refractivity contribution is 0.0665. The minimum atomic E-state index is -0.448. The second kappa shape index (κ2) is 15.1. The highest BCUT2D eigenvalue weighted by Crippen LogP contribution is 2.24. The number of nitrogens with zero attached hydrogens (tertiary/aromatic N) is 2. The number of carbonyl (C=O) groups excluding carboxylic acids is 2. The van der Waals surface area contributed by atoms with Crippen LogP contribution in [-0.4, -0.2) is 21.4 Å². The third-order valence-electron chi connectivity index (χ3n) is 6.22. The lowest BCUT2D eigenvalue weighted by Gasteiger charge is -2.09. The van der Waals surface area contributed by atoms with Crippen LogP contribution >= 0.6 is 0 Å². The summed E-state index contributed by atoms with van der Waals surface area (Å²) < 4.78 is 6.91. The number of esters is 1. The van der Waals surface area contributed by atoms with Gasteiger partial charge in [0.2, 0.25) is 0 Å². The molecular formula is C33H36N2O3. The van der Waals surface area contributed by atoms with Crippen molar-refractivity contribution in [2.45, 2.75) is 52.4 Å². The van der Waals surface area contributed by atoms with E-state index in [2.05, 4.69) is 26.5 Å². The van der Waals surface area contributed by atoms with Crippen LogP contribution in [0.4, 0.5) is 0 Å². The van der Waals surface area contributed by atoms with Crippen LogP contribution in [0.5, 0.6) is 0 Å². The molecule has 1 aliphatic rings. The number of hydrogen-bond donors (Lipinski definition) is 0. The van der Waals surface area contributed by atoms with Gasteiger partial charge in [-0.1, -0.05) is 86.2 Å². The smallest absolute Gasteiger partial charge is 0.342 e. The molecule has 4 rings (SSSR count). The van der Waals surface area contributed by atoms with Crippen molar-refractivity contribution >= 4 is 18.0 Å². The molecule has 196 valence electrons. The largest absolute Gasteiger partial charge is 0.431 e. The lowest BCUT2D eigenvalue weighted by atomic mass is 10.2. The van der Waals surface area contributed by atoms with Crippen molar-refractivity contribution in [1.29, 1.82) is 0 Å². The number of allylic oxidation sites excluding steroid dienone is 5. The van der Waals surface area contributed by atoms with Gasteiger partial charge < -0.3 is 4.74 Å². The molecule has 0 N–H and O–H groups in total. The van der Waals surface area contributed by atoms with Crippen molar-refractivity contribution in [3.63, 3.8) is 0 Å². The number of hydrogen-bond acceptors (Lipinski definition) is 4. The van der Waals surface area contributed by atoms with E-state index < -0.39 is 5.97 Å². The first-order chi connectivity index (χ1) is 18.5. The summed E-state index contributed by atoms with van der Waals surface area (Å²) in [5.74, 6) is -0.0715. The summed E-state index contributed by atoms with van der Waals surface area (Å²) in [5.41, 5.74) is 4.39. The molecule has 0 fully saturated rings. The maximum absolute atomic E-state index is 13.2. The van der Waals surface area contributed by atoms with E-state index in [0.29, 0.717) is 17.0 Å². The van der Waals surface area contributed by atoms with E-state index in [-0.39, 0.29) is 5.91 Å². The molecular weight excluding hydrogens is 472 g/mol. The van der Waals surface area contributed by atoms with E-state index in [9.17, 15) is 9.59 Å². The van der Waals surface area contributed by atoms with Crippen LogP contribution < -0.4 is 0 Å². The zero-order valence-corrected chi connectivity index (χ0v) is 22.3. The van der Waals surface area contributed by atoms with Crippen molar-refractivity contribution in [3.8, 4) is 0 Å². The minimum absolute atomic E-state index is 0.115. The maximum atomic E-state index is 13.2. The topological polar surface area (TPSA) is 61.2 Å². The second-order valence-electron chi connectivity index (χ2n) is 8.99. The molecule has 0 saturated carbocycles. The van der Waals surface area contributed by atoms with Crippen molar-refractivity contribution in [3.05, 3.63) is 132 Å². The zero-order chi connectivity index (χ0) is 27.2. The fourth-order valence-corrected chi connectivity index (χ4v) is 4.00. The molecule has 0 saturated heterocycles. The van der Waals surface area contributed by atoms with Crippen LogP contribution in [0.3, 0.4) is 0 Å². The lowest BCUT2D eigenvalue weighted by Crippen LogP contribution is -2.17. The van der Waals surface area contributed by atoms with Gasteiger partial charge in [0.05, 0.1) is 17.5 Å². The van der Waals surface area contributed by atoms with Crippen LogP contribution in [0.25, 0.3) is 6.08 Å². The average molecular weight is 509 g/mol. The average Bonchev–Trinajstić information content (AvgIpc) is 3.13. The third-order valence-corrected chi connectivity index (χ3v) is 6.22. The molecule has 5 nitrogen and oxygen atoms in total. The van der Waals surface area contributed by atoms with Gasteiger partial charge >= 0.3 is 5.97 Å². The van der Waals surface area contributed by atoms with E-state index in [0.717, 1.165) is 49.9 Å². The molecule has 2 aromatic carbocycles. The van der Waals surface area contributed by atoms with Gasteiger partial charge in [-0.2, -0.15) is 0 Å². The summed E-state index contributed by atoms with van der Waals surface area (Å²) in [6.45, 7) is 7.83. The first-order valence-electron chi connectivity index (χ1n) is 13.1. The Morgan fingerprint density at radius 3 is 2.26 bits per heavy atom. The van der Waals surface area contributed by atoms with Gasteiger partial charge in [0.25, 0.3) is 5.91 Å². The summed E-state index contributed by atoms with van der Waals surface area (Å²) in [4.78, 5) is 30.1. The molecule has 1 aromatic heterocycles. The van der Waals surface area contributed by atoms with Gasteiger partial charge in [0, 0.05) is 17.3 Å². The van der Waals surface area contributed by atoms with Crippen LogP contribution in [0.2, 0.25) is 0 Å². The predicted molar refractivity (Wildman–Crippen MR) is 154 cm³/mol. The molecule has 3 aromatic rings. The van der Waals surface area contributed by atoms with E-state index in [4.69, 9.17) is 9.72 Å². The number of imidazole rings is 1. The van der Waals surface area contributed by atoms with Gasteiger partial charge in [-0.15, -0.1) is 0 Å². The van der Waals surface area contributed by atoms with Gasteiger partial charge in [0.1, 0.15) is 5.82 Å². The van der Waals surface area contributed by atoms with Crippen LogP contribution in [0.15, 0.2) is 103 Å².